The number of hydrogen-bond acceptors (Lipinski definition) is 4. The van der Waals surface area contributed by atoms with Crippen molar-refractivity contribution in [2.24, 2.45) is 0 Å². The smallest absolute Gasteiger partial charge is 0.166 e. The second-order valence-corrected chi connectivity index (χ2v) is 6.11. The molecule has 0 aliphatic rings. The van der Waals surface area contributed by atoms with Crippen LogP contribution >= 0.6 is 12.2 Å². The molecular formula is C19H28N4O2S. The van der Waals surface area contributed by atoms with Crippen LogP contribution in [-0.2, 0) is 13.0 Å². The average molecular weight is 377 g/mol. The van der Waals surface area contributed by atoms with Crippen LogP contribution < -0.4 is 20.1 Å². The van der Waals surface area contributed by atoms with Gasteiger partial charge in [0.1, 0.15) is 0 Å². The molecular weight excluding hydrogens is 348 g/mol. The highest BCUT2D eigenvalue weighted by molar-refractivity contribution is 7.80. The minimum Gasteiger partial charge on any atom is -0.490 e. The molecule has 2 N–H and O–H groups in total. The summed E-state index contributed by atoms with van der Waals surface area (Å²) in [5.41, 5.74) is 1.19. The summed E-state index contributed by atoms with van der Waals surface area (Å²) >= 11 is 5.32. The predicted molar refractivity (Wildman–Crippen MR) is 108 cm³/mol. The molecule has 1 aromatic heterocycles. The van der Waals surface area contributed by atoms with Crippen LogP contribution in [0.2, 0.25) is 0 Å². The number of nitrogens with zero attached hydrogens (tertiary/aromatic N) is 2. The molecule has 0 radical (unpaired) electrons. The van der Waals surface area contributed by atoms with Crippen molar-refractivity contribution in [2.75, 3.05) is 26.3 Å². The highest BCUT2D eigenvalue weighted by Crippen LogP contribution is 2.28. The largest absolute Gasteiger partial charge is 0.490 e. The number of rotatable bonds is 11. The van der Waals surface area contributed by atoms with Crippen LogP contribution in [-0.4, -0.2) is 41.2 Å². The summed E-state index contributed by atoms with van der Waals surface area (Å²) in [6.07, 6.45) is 5.59. The molecule has 6 nitrogen and oxygen atoms in total. The highest BCUT2D eigenvalue weighted by Gasteiger charge is 2.06. The lowest BCUT2D eigenvalue weighted by Crippen LogP contribution is -2.37. The third kappa shape index (κ3) is 6.92. The molecule has 0 saturated carbocycles. The Morgan fingerprint density at radius 1 is 1.12 bits per heavy atom. The lowest BCUT2D eigenvalue weighted by molar-refractivity contribution is 0.287. The van der Waals surface area contributed by atoms with Crippen LogP contribution in [0.1, 0.15) is 25.8 Å². The van der Waals surface area contributed by atoms with Gasteiger partial charge in [0.15, 0.2) is 16.6 Å². The highest BCUT2D eigenvalue weighted by atomic mass is 32.1. The van der Waals surface area contributed by atoms with Crippen molar-refractivity contribution in [3.8, 4) is 11.5 Å². The van der Waals surface area contributed by atoms with Gasteiger partial charge >= 0.3 is 0 Å². The lowest BCUT2D eigenvalue weighted by Gasteiger charge is -2.13. The molecule has 7 heteroatoms. The van der Waals surface area contributed by atoms with Gasteiger partial charge in [-0.25, -0.2) is 0 Å². The Morgan fingerprint density at radius 3 is 2.62 bits per heavy atom. The first-order valence-electron chi connectivity index (χ1n) is 9.10. The normalized spacial score (nSPS) is 10.4. The van der Waals surface area contributed by atoms with Crippen LogP contribution in [0.4, 0.5) is 0 Å². The SMILES string of the molecule is CCOc1ccc(CCNC(=S)NCCCn2cccn2)cc1OCC. The zero-order chi connectivity index (χ0) is 18.6. The number of thiocarbonyl (C=S) groups is 1. The molecule has 142 valence electrons. The van der Waals surface area contributed by atoms with Crippen molar-refractivity contribution in [3.63, 3.8) is 0 Å². The fourth-order valence-electron chi connectivity index (χ4n) is 2.51. The maximum atomic E-state index is 5.66. The Labute approximate surface area is 160 Å². The molecule has 0 fully saturated rings. The van der Waals surface area contributed by atoms with Crippen LogP contribution in [0.25, 0.3) is 0 Å². The molecule has 0 saturated heterocycles. The van der Waals surface area contributed by atoms with E-state index >= 15 is 0 Å². The average Bonchev–Trinajstić information content (AvgIpc) is 3.15. The molecule has 2 rings (SSSR count). The van der Waals surface area contributed by atoms with Gasteiger partial charge in [0.05, 0.1) is 13.2 Å². The zero-order valence-corrected chi connectivity index (χ0v) is 16.3. The molecule has 0 unspecified atom stereocenters. The van der Waals surface area contributed by atoms with Crippen molar-refractivity contribution >= 4 is 17.3 Å². The number of nitrogens with one attached hydrogen (secondary N) is 2. The van der Waals surface area contributed by atoms with E-state index in [9.17, 15) is 0 Å². The third-order valence-electron chi connectivity index (χ3n) is 3.72. The summed E-state index contributed by atoms with van der Waals surface area (Å²) < 4.78 is 13.2. The number of benzene rings is 1. The Hall–Kier alpha value is -2.28. The molecule has 1 aromatic carbocycles. The molecule has 0 bridgehead atoms. The van der Waals surface area contributed by atoms with E-state index in [4.69, 9.17) is 21.7 Å². The van der Waals surface area contributed by atoms with E-state index in [1.807, 2.05) is 42.9 Å². The van der Waals surface area contributed by atoms with Gasteiger partial charge in [-0.15, -0.1) is 0 Å². The second-order valence-electron chi connectivity index (χ2n) is 5.70. The molecule has 0 spiro atoms. The van der Waals surface area contributed by atoms with E-state index in [1.54, 1.807) is 6.20 Å². The first-order valence-corrected chi connectivity index (χ1v) is 9.51. The molecule has 0 atom stereocenters. The van der Waals surface area contributed by atoms with Crippen molar-refractivity contribution in [3.05, 3.63) is 42.2 Å². The molecule has 2 aromatic rings. The van der Waals surface area contributed by atoms with Crippen LogP contribution in [0.5, 0.6) is 11.5 Å². The molecule has 0 aliphatic heterocycles. The van der Waals surface area contributed by atoms with Gasteiger partial charge in [-0.2, -0.15) is 5.10 Å². The molecule has 0 aliphatic carbocycles. The zero-order valence-electron chi connectivity index (χ0n) is 15.5. The quantitative estimate of drug-likeness (QED) is 0.465. The summed E-state index contributed by atoms with van der Waals surface area (Å²) in [6, 6.07) is 8.00. The van der Waals surface area contributed by atoms with Crippen molar-refractivity contribution in [1.29, 1.82) is 0 Å². The van der Waals surface area contributed by atoms with E-state index in [0.29, 0.717) is 18.3 Å². The van der Waals surface area contributed by atoms with Crippen LogP contribution in [0.15, 0.2) is 36.7 Å². The summed E-state index contributed by atoms with van der Waals surface area (Å²) in [6.45, 7) is 7.66. The Morgan fingerprint density at radius 2 is 1.88 bits per heavy atom. The standard InChI is InChI=1S/C19H28N4O2S/c1-3-24-17-8-7-16(15-18(17)25-4-2)9-12-21-19(26)20-10-5-13-23-14-6-11-22-23/h6-8,11,14-15H,3-5,9-10,12-13H2,1-2H3,(H2,20,21,26). The fraction of sp³-hybridized carbons (Fsp3) is 0.474. The Kier molecular flexibility index (Phi) is 8.75. The van der Waals surface area contributed by atoms with Gasteiger partial charge in [-0.1, -0.05) is 6.07 Å². The number of aromatic nitrogens is 2. The van der Waals surface area contributed by atoms with E-state index < -0.39 is 0 Å². The number of hydrogen-bond donors (Lipinski definition) is 2. The Balaban J connectivity index is 1.67. The summed E-state index contributed by atoms with van der Waals surface area (Å²) in [5.74, 6) is 1.59. The monoisotopic (exact) mass is 376 g/mol. The Bertz CT molecular complexity index is 662. The van der Waals surface area contributed by atoms with Gasteiger partial charge < -0.3 is 20.1 Å². The summed E-state index contributed by atoms with van der Waals surface area (Å²) in [5, 5.41) is 11.3. The first kappa shape index (κ1) is 20.0. The lowest BCUT2D eigenvalue weighted by atomic mass is 10.1. The maximum Gasteiger partial charge on any atom is 0.166 e. The number of aryl methyl sites for hydroxylation is 1. The number of ether oxygens (including phenoxy) is 2. The second kappa shape index (κ2) is 11.4. The van der Waals surface area contributed by atoms with Gasteiger partial charge in [0.25, 0.3) is 0 Å². The molecule has 1 heterocycles. The maximum absolute atomic E-state index is 5.66. The van der Waals surface area contributed by atoms with Crippen LogP contribution in [0.3, 0.4) is 0 Å². The third-order valence-corrected chi connectivity index (χ3v) is 4.00. The van der Waals surface area contributed by atoms with Crippen molar-refractivity contribution < 1.29 is 9.47 Å². The van der Waals surface area contributed by atoms with Crippen molar-refractivity contribution in [2.45, 2.75) is 33.2 Å². The van der Waals surface area contributed by atoms with Gasteiger partial charge in [-0.3, -0.25) is 4.68 Å². The van der Waals surface area contributed by atoms with E-state index in [1.165, 1.54) is 5.56 Å². The summed E-state index contributed by atoms with van der Waals surface area (Å²) in [4.78, 5) is 0. The van der Waals surface area contributed by atoms with Crippen molar-refractivity contribution in [1.82, 2.24) is 20.4 Å². The van der Waals surface area contributed by atoms with E-state index in [-0.39, 0.29) is 0 Å². The first-order chi connectivity index (χ1) is 12.7. The van der Waals surface area contributed by atoms with E-state index in [0.717, 1.165) is 44.0 Å². The topological polar surface area (TPSA) is 60.3 Å². The fourth-order valence-corrected chi connectivity index (χ4v) is 2.71. The molecule has 26 heavy (non-hydrogen) atoms. The summed E-state index contributed by atoms with van der Waals surface area (Å²) in [7, 11) is 0. The van der Waals surface area contributed by atoms with Gasteiger partial charge in [0.2, 0.25) is 0 Å². The van der Waals surface area contributed by atoms with E-state index in [2.05, 4.69) is 21.8 Å². The predicted octanol–water partition coefficient (Wildman–Crippen LogP) is 2.78. The van der Waals surface area contributed by atoms with Crippen LogP contribution in [0, 0.1) is 0 Å². The minimum atomic E-state index is 0.619. The molecule has 0 amide bonds. The van der Waals surface area contributed by atoms with Gasteiger partial charge in [-0.05, 0) is 62.7 Å². The van der Waals surface area contributed by atoms with Gasteiger partial charge in [0, 0.05) is 32.0 Å². The minimum absolute atomic E-state index is 0.619.